The molecule has 0 aliphatic carbocycles. The van der Waals surface area contributed by atoms with Crippen molar-refractivity contribution in [2.24, 2.45) is 0 Å². The van der Waals surface area contributed by atoms with Crippen molar-refractivity contribution in [3.8, 4) is 80.5 Å². The Hall–Kier alpha value is -3.84. The largest absolute Gasteiger partial charge is 0.520 e. The first-order valence-corrected chi connectivity index (χ1v) is 27.8. The van der Waals surface area contributed by atoms with Gasteiger partial charge in [-0.3, -0.25) is 0 Å². The van der Waals surface area contributed by atoms with Gasteiger partial charge in [-0.25, -0.2) is 0 Å². The maximum Gasteiger partial charge on any atom is 0.126 e. The van der Waals surface area contributed by atoms with Crippen LogP contribution in [0.1, 0.15) is 105 Å². The predicted octanol–water partition coefficient (Wildman–Crippen LogP) is 14.5. The van der Waals surface area contributed by atoms with Crippen LogP contribution < -0.4 is 66.3 Å². The van der Waals surface area contributed by atoms with E-state index in [4.69, 9.17) is 66.3 Å². The van der Waals surface area contributed by atoms with E-state index in [9.17, 15) is 0 Å². The van der Waals surface area contributed by atoms with Gasteiger partial charge in [0.25, 0.3) is 0 Å². The summed E-state index contributed by atoms with van der Waals surface area (Å²) < 4.78 is 85.9. The zero-order valence-electron chi connectivity index (χ0n) is 51.1. The molecule has 0 heterocycles. The van der Waals surface area contributed by atoms with Gasteiger partial charge in [-0.1, -0.05) is 24.3 Å². The molecule has 0 aromatic heterocycles. The van der Waals surface area contributed by atoms with Gasteiger partial charge in [0, 0.05) is 194 Å². The van der Waals surface area contributed by atoms with Gasteiger partial charge in [0.1, 0.15) is 47.7 Å². The number of rotatable bonds is 34. The first-order valence-electron chi connectivity index (χ1n) is 27.8. The molecule has 0 N–H and O–H groups in total. The van der Waals surface area contributed by atoms with E-state index >= 15 is 0 Å². The van der Waals surface area contributed by atoms with Gasteiger partial charge in [0.2, 0.25) is 0 Å². The van der Waals surface area contributed by atoms with Crippen LogP contribution in [0.5, 0.6) is 80.5 Å². The second-order valence-corrected chi connectivity index (χ2v) is 18.5. The normalized spacial score (nSPS) is 10.3. The van der Waals surface area contributed by atoms with Crippen molar-refractivity contribution in [3.05, 3.63) is 165 Å². The average molecular weight is 1460 g/mol. The van der Waals surface area contributed by atoms with Gasteiger partial charge < -0.3 is 66.3 Å². The number of hydrogen-bond acceptors (Lipinski definition) is 14. The third-order valence-electron chi connectivity index (χ3n) is 12.1. The quantitative estimate of drug-likeness (QED) is 0.0355. The molecule has 0 spiro atoms. The summed E-state index contributed by atoms with van der Waals surface area (Å²) in [6.07, 6.45) is 0. The molecule has 14 nitrogen and oxygen atoms in total. The third kappa shape index (κ3) is 24.2. The second-order valence-electron chi connectivity index (χ2n) is 18.5. The van der Waals surface area contributed by atoms with Gasteiger partial charge in [0.15, 0.2) is 0 Å². The van der Waals surface area contributed by atoms with Crippen molar-refractivity contribution in [3.63, 3.8) is 0 Å². The minimum atomic E-state index is 0. The summed E-state index contributed by atoms with van der Waals surface area (Å²) >= 11 is 0. The Morgan fingerprint density at radius 1 is 0.235 bits per heavy atom. The van der Waals surface area contributed by atoms with Crippen LogP contribution in [0.2, 0.25) is 0 Å². The van der Waals surface area contributed by atoms with E-state index < -0.39 is 0 Å². The van der Waals surface area contributed by atoms with Gasteiger partial charge in [-0.15, -0.1) is 70.8 Å². The van der Waals surface area contributed by atoms with Crippen molar-refractivity contribution in [2.45, 2.75) is 116 Å². The van der Waals surface area contributed by atoms with Crippen molar-refractivity contribution in [2.75, 3.05) is 52.9 Å². The molecule has 18 heteroatoms. The van der Waals surface area contributed by atoms with E-state index in [-0.39, 0.29) is 170 Å². The van der Waals surface area contributed by atoms with Gasteiger partial charge in [-0.2, -0.15) is 0 Å². The minimum absolute atomic E-state index is 0. The van der Waals surface area contributed by atoms with Crippen molar-refractivity contribution < 1.29 is 197 Å². The van der Waals surface area contributed by atoms with Gasteiger partial charge in [0.05, 0.1) is 79.3 Å². The van der Waals surface area contributed by atoms with Crippen LogP contribution in [0.3, 0.4) is 0 Å². The summed E-state index contributed by atoms with van der Waals surface area (Å²) in [5.74, 6) is 8.39. The fourth-order valence-electron chi connectivity index (χ4n) is 8.54. The Morgan fingerprint density at radius 2 is 0.424 bits per heavy atom. The fourth-order valence-corrected chi connectivity index (χ4v) is 8.54. The molecule has 0 atom stereocenters. The van der Waals surface area contributed by atoms with E-state index in [1.165, 1.54) is 0 Å². The maximum absolute atomic E-state index is 6.58. The summed E-state index contributed by atoms with van der Waals surface area (Å²) in [6.45, 7) is 26.7. The molecule has 7 aromatic rings. The Bertz CT molecular complexity index is 2670. The summed E-state index contributed by atoms with van der Waals surface area (Å²) in [6, 6.07) is 41.7. The molecule has 4 radical (unpaired) electrons. The van der Waals surface area contributed by atoms with Crippen molar-refractivity contribution in [1.29, 1.82) is 0 Å². The number of ether oxygens (including phenoxy) is 14. The van der Waals surface area contributed by atoms with E-state index in [1.54, 1.807) is 0 Å². The summed E-state index contributed by atoms with van der Waals surface area (Å²) in [7, 11) is 0. The molecule has 0 unspecified atom stereocenters. The summed E-state index contributed by atoms with van der Waals surface area (Å²) in [5, 5.41) is 0. The summed E-state index contributed by atoms with van der Waals surface area (Å²) in [4.78, 5) is 0. The van der Waals surface area contributed by atoms with Crippen LogP contribution >= 0.6 is 0 Å². The molecule has 0 aliphatic rings. The average Bonchev–Trinajstić information content (AvgIpc) is 3.50. The van der Waals surface area contributed by atoms with Crippen molar-refractivity contribution in [1.82, 2.24) is 0 Å². The van der Waals surface area contributed by atoms with E-state index in [2.05, 4.69) is 24.3 Å². The number of hydrogen-bond donors (Lipinski definition) is 0. The van der Waals surface area contributed by atoms with E-state index in [1.807, 2.05) is 167 Å². The standard InChI is InChI=1S/C67H76O14.4Y/c1-12-68-56-22-48(23-57(35-56)69-13-2)41-78-64-30-52(31-65(46(64)10)79-42-49-24-58(70-14-3)36-59(25-49)71-15-4)39-76-54-20-45(9)21-55(34-54)77-40-53-32-66(80-43-50-26-60(72-16-5)37-61(27-50)73-17-6)47(11)67(33-53)81-44-51-28-62(74-18-7)38-63(29-51)75-19-8;;;;/h20-34H,12-19,39-44H2,1-11H3;;;;/q-4;;;;. The van der Waals surface area contributed by atoms with E-state index in [0.29, 0.717) is 133 Å². The predicted molar refractivity (Wildman–Crippen MR) is 310 cm³/mol. The molecule has 0 aliphatic heterocycles. The monoisotopic (exact) mass is 1460 g/mol. The van der Waals surface area contributed by atoms with Crippen LogP contribution in [0.25, 0.3) is 0 Å². The van der Waals surface area contributed by atoms with Gasteiger partial charge >= 0.3 is 0 Å². The van der Waals surface area contributed by atoms with Crippen molar-refractivity contribution >= 4 is 0 Å². The Morgan fingerprint density at radius 3 is 0.624 bits per heavy atom. The number of benzene rings is 7. The van der Waals surface area contributed by atoms with Crippen LogP contribution in [-0.2, 0) is 170 Å². The molecule has 0 bridgehead atoms. The molecule has 85 heavy (non-hydrogen) atoms. The summed E-state index contributed by atoms with van der Waals surface area (Å²) in [5.41, 5.74) is 7.66. The van der Waals surface area contributed by atoms with Crippen LogP contribution in [0.4, 0.5) is 0 Å². The molecule has 7 aromatic carbocycles. The Kier molecular flexibility index (Phi) is 35.4. The van der Waals surface area contributed by atoms with Crippen LogP contribution in [0.15, 0.2) is 91.0 Å². The van der Waals surface area contributed by atoms with E-state index in [0.717, 1.165) is 50.1 Å². The zero-order chi connectivity index (χ0) is 57.5. The third-order valence-corrected chi connectivity index (χ3v) is 12.1. The first kappa shape index (κ1) is 75.4. The molecule has 444 valence electrons. The fraction of sp³-hybridized carbons (Fsp3) is 0.373. The Labute approximate surface area is 604 Å². The first-order chi connectivity index (χ1) is 39.4. The minimum Gasteiger partial charge on any atom is -0.520 e. The molecular formula is C67H76O14Y4-4. The molecule has 0 amide bonds. The molecule has 0 saturated heterocycles. The SMILES string of the molecule is CCOc1[c-]c(OCC)cc(COc2cc(COc3cc(C)cc(OCc4cc(OCc5cc(OCC)[c-]c(OCC)c5)c(C)c(OCc5cc(OCC)[c-]c(OCC)c5)c4)c3)cc(OCc3cc(OCC)[c-]c(OCC)c3)c2C)c1.[Y].[Y].[Y].[Y]. The molecular weight excluding hydrogens is 1380 g/mol. The van der Waals surface area contributed by atoms with Crippen LogP contribution in [-0.4, -0.2) is 52.9 Å². The topological polar surface area (TPSA) is 129 Å². The zero-order valence-corrected chi connectivity index (χ0v) is 62.4. The second kappa shape index (κ2) is 39.9. The van der Waals surface area contributed by atoms with Gasteiger partial charge in [-0.05, 0) is 129 Å². The Balaban J connectivity index is 0.00000473. The molecule has 7 rings (SSSR count). The maximum atomic E-state index is 6.58. The van der Waals surface area contributed by atoms with Crippen LogP contribution in [0, 0.1) is 45.0 Å². The molecule has 0 saturated carbocycles. The molecule has 0 fully saturated rings. The smallest absolute Gasteiger partial charge is 0.126 e. The number of aryl methyl sites for hydroxylation is 1.